The van der Waals surface area contributed by atoms with Crippen molar-refractivity contribution in [3.63, 3.8) is 0 Å². The Morgan fingerprint density at radius 2 is 2.00 bits per heavy atom. The lowest BCUT2D eigenvalue weighted by Crippen LogP contribution is -2.31. The summed E-state index contributed by atoms with van der Waals surface area (Å²) in [5.41, 5.74) is 7.44. The molecule has 126 valence electrons. The first-order valence-electron chi connectivity index (χ1n) is 7.75. The smallest absolute Gasteiger partial charge is 0.275 e. The number of nitrogens with one attached hydrogen (secondary N) is 2. The quantitative estimate of drug-likeness (QED) is 0.789. The number of nitrogens with zero attached hydrogens (tertiary/aromatic N) is 2. The van der Waals surface area contributed by atoms with Crippen LogP contribution >= 0.6 is 11.6 Å². The van der Waals surface area contributed by atoms with E-state index in [1.165, 1.54) is 12.6 Å². The summed E-state index contributed by atoms with van der Waals surface area (Å²) < 4.78 is 0. The second-order valence-corrected chi connectivity index (χ2v) is 6.10. The molecule has 0 saturated carbocycles. The molecular formula is C16H18ClN5O2. The van der Waals surface area contributed by atoms with Crippen LogP contribution in [0.15, 0.2) is 24.4 Å². The Hall–Kier alpha value is -2.54. The van der Waals surface area contributed by atoms with Gasteiger partial charge in [-0.25, -0.2) is 0 Å². The van der Waals surface area contributed by atoms with E-state index in [4.69, 9.17) is 17.3 Å². The summed E-state index contributed by atoms with van der Waals surface area (Å²) >= 11 is 5.90. The number of rotatable bonds is 4. The molecule has 7 nitrogen and oxygen atoms in total. The van der Waals surface area contributed by atoms with Crippen molar-refractivity contribution in [3.8, 4) is 0 Å². The molecule has 1 aliphatic rings. The zero-order valence-electron chi connectivity index (χ0n) is 13.0. The third-order valence-electron chi connectivity index (χ3n) is 4.04. The second-order valence-electron chi connectivity index (χ2n) is 5.69. The van der Waals surface area contributed by atoms with E-state index in [1.807, 2.05) is 0 Å². The second kappa shape index (κ2) is 6.92. The Labute approximate surface area is 144 Å². The van der Waals surface area contributed by atoms with Crippen LogP contribution in [0.25, 0.3) is 0 Å². The first-order chi connectivity index (χ1) is 11.6. The zero-order chi connectivity index (χ0) is 17.1. The van der Waals surface area contributed by atoms with Gasteiger partial charge in [-0.05, 0) is 37.5 Å². The standard InChI is InChI=1S/C16H18ClN5O2/c17-12-9-19-21-14(12)16(24)20-10-4-5-11(15(18)23)13(8-10)22-6-2-1-3-7-22/h4-5,8-9H,1-3,6-7H2,(H2,18,23)(H,19,21)(H,20,24). The fourth-order valence-electron chi connectivity index (χ4n) is 2.84. The van der Waals surface area contributed by atoms with Gasteiger partial charge in [0.25, 0.3) is 11.8 Å². The normalized spacial score (nSPS) is 14.5. The van der Waals surface area contributed by atoms with Gasteiger partial charge in [0.2, 0.25) is 0 Å². The van der Waals surface area contributed by atoms with Crippen LogP contribution in [0.4, 0.5) is 11.4 Å². The van der Waals surface area contributed by atoms with Gasteiger partial charge in [0.1, 0.15) is 5.69 Å². The summed E-state index contributed by atoms with van der Waals surface area (Å²) in [6.45, 7) is 1.73. The monoisotopic (exact) mass is 347 g/mol. The molecule has 0 atom stereocenters. The maximum atomic E-state index is 12.2. The number of halogens is 1. The molecule has 1 aliphatic heterocycles. The van der Waals surface area contributed by atoms with E-state index in [1.54, 1.807) is 18.2 Å². The van der Waals surface area contributed by atoms with E-state index in [9.17, 15) is 9.59 Å². The van der Waals surface area contributed by atoms with Gasteiger partial charge < -0.3 is 16.0 Å². The fraction of sp³-hybridized carbons (Fsp3) is 0.312. The van der Waals surface area contributed by atoms with E-state index < -0.39 is 11.8 Å². The van der Waals surface area contributed by atoms with Crippen LogP contribution < -0.4 is 16.0 Å². The van der Waals surface area contributed by atoms with Crippen LogP contribution in [-0.4, -0.2) is 35.1 Å². The number of aromatic nitrogens is 2. The molecule has 2 heterocycles. The van der Waals surface area contributed by atoms with Crippen molar-refractivity contribution in [2.45, 2.75) is 19.3 Å². The molecule has 8 heteroatoms. The molecule has 0 bridgehead atoms. The van der Waals surface area contributed by atoms with Gasteiger partial charge in [-0.1, -0.05) is 11.6 Å². The van der Waals surface area contributed by atoms with E-state index in [0.717, 1.165) is 31.6 Å². The molecule has 3 rings (SSSR count). The fourth-order valence-corrected chi connectivity index (χ4v) is 3.02. The van der Waals surface area contributed by atoms with Crippen LogP contribution in [0, 0.1) is 0 Å². The maximum absolute atomic E-state index is 12.2. The predicted molar refractivity (Wildman–Crippen MR) is 92.6 cm³/mol. The number of hydrogen-bond acceptors (Lipinski definition) is 4. The Bertz CT molecular complexity index is 768. The first kappa shape index (κ1) is 16.3. The topological polar surface area (TPSA) is 104 Å². The van der Waals surface area contributed by atoms with Crippen molar-refractivity contribution in [1.29, 1.82) is 0 Å². The zero-order valence-corrected chi connectivity index (χ0v) is 13.8. The predicted octanol–water partition coefficient (Wildman–Crippen LogP) is 2.40. The van der Waals surface area contributed by atoms with E-state index in [2.05, 4.69) is 20.4 Å². The number of nitrogens with two attached hydrogens (primary N) is 1. The molecular weight excluding hydrogens is 330 g/mol. The van der Waals surface area contributed by atoms with Crippen molar-refractivity contribution in [3.05, 3.63) is 40.7 Å². The molecule has 0 radical (unpaired) electrons. The molecule has 2 aromatic rings. The Morgan fingerprint density at radius 1 is 1.25 bits per heavy atom. The molecule has 0 aliphatic carbocycles. The minimum Gasteiger partial charge on any atom is -0.371 e. The van der Waals surface area contributed by atoms with Crippen molar-refractivity contribution >= 4 is 34.8 Å². The Kier molecular flexibility index (Phi) is 4.71. The lowest BCUT2D eigenvalue weighted by atomic mass is 10.1. The molecule has 2 amide bonds. The van der Waals surface area contributed by atoms with E-state index in [-0.39, 0.29) is 10.7 Å². The van der Waals surface area contributed by atoms with Gasteiger partial charge >= 0.3 is 0 Å². The van der Waals surface area contributed by atoms with Gasteiger partial charge in [-0.3, -0.25) is 14.7 Å². The van der Waals surface area contributed by atoms with Crippen molar-refractivity contribution in [2.75, 3.05) is 23.3 Å². The number of primary amides is 1. The molecule has 0 unspecified atom stereocenters. The number of H-pyrrole nitrogens is 1. The SMILES string of the molecule is NC(=O)c1ccc(NC(=O)c2[nH]ncc2Cl)cc1N1CCCCC1. The number of benzene rings is 1. The van der Waals surface area contributed by atoms with Gasteiger partial charge in [-0.2, -0.15) is 5.10 Å². The number of piperidine rings is 1. The van der Waals surface area contributed by atoms with Crippen LogP contribution in [0.1, 0.15) is 40.1 Å². The largest absolute Gasteiger partial charge is 0.371 e. The van der Waals surface area contributed by atoms with Gasteiger partial charge in [0.15, 0.2) is 0 Å². The van der Waals surface area contributed by atoms with Crippen molar-refractivity contribution in [2.24, 2.45) is 5.73 Å². The number of carbonyl (C=O) groups is 2. The highest BCUT2D eigenvalue weighted by atomic mass is 35.5. The van der Waals surface area contributed by atoms with Gasteiger partial charge in [-0.15, -0.1) is 0 Å². The molecule has 0 spiro atoms. The average Bonchev–Trinajstić information content (AvgIpc) is 3.01. The summed E-state index contributed by atoms with van der Waals surface area (Å²) in [6.07, 6.45) is 4.68. The number of hydrogen-bond donors (Lipinski definition) is 3. The maximum Gasteiger partial charge on any atom is 0.275 e. The lowest BCUT2D eigenvalue weighted by molar-refractivity contribution is 0.0998. The minimum atomic E-state index is -0.481. The van der Waals surface area contributed by atoms with Gasteiger partial charge in [0.05, 0.1) is 22.5 Å². The van der Waals surface area contributed by atoms with Crippen LogP contribution in [0.5, 0.6) is 0 Å². The molecule has 24 heavy (non-hydrogen) atoms. The summed E-state index contributed by atoms with van der Waals surface area (Å²) in [5, 5.41) is 9.29. The summed E-state index contributed by atoms with van der Waals surface area (Å²) in [7, 11) is 0. The lowest BCUT2D eigenvalue weighted by Gasteiger charge is -2.30. The summed E-state index contributed by atoms with van der Waals surface area (Å²) in [4.78, 5) is 26.1. The van der Waals surface area contributed by atoms with Crippen LogP contribution in [-0.2, 0) is 0 Å². The highest BCUT2D eigenvalue weighted by Crippen LogP contribution is 2.28. The van der Waals surface area contributed by atoms with Crippen molar-refractivity contribution in [1.82, 2.24) is 10.2 Å². The van der Waals surface area contributed by atoms with Crippen molar-refractivity contribution < 1.29 is 9.59 Å². The molecule has 1 fully saturated rings. The molecule has 1 aromatic heterocycles. The molecule has 1 saturated heterocycles. The third-order valence-corrected chi connectivity index (χ3v) is 4.32. The molecule has 4 N–H and O–H groups in total. The summed E-state index contributed by atoms with van der Waals surface area (Å²) in [6, 6.07) is 5.06. The number of amides is 2. The number of anilines is 2. The first-order valence-corrected chi connectivity index (χ1v) is 8.13. The van der Waals surface area contributed by atoms with Crippen LogP contribution in [0.3, 0.4) is 0 Å². The Morgan fingerprint density at radius 3 is 2.62 bits per heavy atom. The van der Waals surface area contributed by atoms with E-state index in [0.29, 0.717) is 11.3 Å². The van der Waals surface area contributed by atoms with E-state index >= 15 is 0 Å². The van der Waals surface area contributed by atoms with Crippen LogP contribution in [0.2, 0.25) is 5.02 Å². The summed E-state index contributed by atoms with van der Waals surface area (Å²) in [5.74, 6) is -0.876. The number of carbonyl (C=O) groups excluding carboxylic acids is 2. The minimum absolute atomic E-state index is 0.190. The highest BCUT2D eigenvalue weighted by molar-refractivity contribution is 6.34. The van der Waals surface area contributed by atoms with Gasteiger partial charge in [0, 0.05) is 18.8 Å². The third kappa shape index (κ3) is 3.35. The Balaban J connectivity index is 1.88. The highest BCUT2D eigenvalue weighted by Gasteiger charge is 2.19. The molecule has 1 aromatic carbocycles. The number of aromatic amines is 1. The average molecular weight is 348 g/mol.